The van der Waals surface area contributed by atoms with Crippen molar-refractivity contribution in [2.75, 3.05) is 0 Å². The molecule has 0 aliphatic carbocycles. The first-order chi connectivity index (χ1) is 7.92. The van der Waals surface area contributed by atoms with Gasteiger partial charge in [-0.2, -0.15) is 5.10 Å². The molecule has 16 heavy (non-hydrogen) atoms. The molecule has 0 fully saturated rings. The molecule has 0 unspecified atom stereocenters. The Morgan fingerprint density at radius 1 is 1.38 bits per heavy atom. The van der Waals surface area contributed by atoms with Gasteiger partial charge in [0.05, 0.1) is 4.88 Å². The molecule has 0 aromatic carbocycles. The SMILES string of the molecule is c1csc(-c2cc(Cn3cccn3)on2)c1. The molecule has 0 radical (unpaired) electrons. The minimum absolute atomic E-state index is 0.616. The van der Waals surface area contributed by atoms with E-state index in [2.05, 4.69) is 10.3 Å². The van der Waals surface area contributed by atoms with Gasteiger partial charge in [-0.3, -0.25) is 4.68 Å². The zero-order chi connectivity index (χ0) is 10.8. The highest BCUT2D eigenvalue weighted by Gasteiger charge is 2.07. The van der Waals surface area contributed by atoms with Crippen molar-refractivity contribution in [2.45, 2.75) is 6.54 Å². The third-order valence-electron chi connectivity index (χ3n) is 2.21. The smallest absolute Gasteiger partial charge is 0.158 e. The lowest BCUT2D eigenvalue weighted by atomic mass is 10.3. The van der Waals surface area contributed by atoms with Crippen LogP contribution < -0.4 is 0 Å². The first-order valence-corrected chi connectivity index (χ1v) is 5.77. The summed E-state index contributed by atoms with van der Waals surface area (Å²) in [6, 6.07) is 7.87. The Hall–Kier alpha value is -1.88. The van der Waals surface area contributed by atoms with Gasteiger partial charge in [0, 0.05) is 18.5 Å². The van der Waals surface area contributed by atoms with Crippen molar-refractivity contribution < 1.29 is 4.52 Å². The molecule has 3 aromatic heterocycles. The third kappa shape index (κ3) is 1.77. The molecule has 3 aromatic rings. The Morgan fingerprint density at radius 2 is 2.38 bits per heavy atom. The van der Waals surface area contributed by atoms with E-state index in [1.165, 1.54) is 0 Å². The topological polar surface area (TPSA) is 43.9 Å². The summed E-state index contributed by atoms with van der Waals surface area (Å²) in [5, 5.41) is 10.2. The van der Waals surface area contributed by atoms with Gasteiger partial charge in [-0.25, -0.2) is 0 Å². The van der Waals surface area contributed by atoms with Crippen LogP contribution in [0.25, 0.3) is 10.6 Å². The van der Waals surface area contributed by atoms with Crippen LogP contribution in [-0.2, 0) is 6.54 Å². The van der Waals surface area contributed by atoms with E-state index in [0.717, 1.165) is 16.3 Å². The summed E-state index contributed by atoms with van der Waals surface area (Å²) < 4.78 is 7.06. The van der Waals surface area contributed by atoms with E-state index in [1.54, 1.807) is 22.2 Å². The van der Waals surface area contributed by atoms with Gasteiger partial charge in [0.25, 0.3) is 0 Å². The third-order valence-corrected chi connectivity index (χ3v) is 3.10. The van der Waals surface area contributed by atoms with Crippen LogP contribution in [0.5, 0.6) is 0 Å². The summed E-state index contributed by atoms with van der Waals surface area (Å²) in [6.45, 7) is 0.616. The summed E-state index contributed by atoms with van der Waals surface area (Å²) in [6.07, 6.45) is 3.64. The molecule has 0 saturated carbocycles. The van der Waals surface area contributed by atoms with Gasteiger partial charge >= 0.3 is 0 Å². The fraction of sp³-hybridized carbons (Fsp3) is 0.0909. The lowest BCUT2D eigenvalue weighted by molar-refractivity contribution is 0.373. The Labute approximate surface area is 96.1 Å². The minimum Gasteiger partial charge on any atom is -0.359 e. The van der Waals surface area contributed by atoms with Crippen molar-refractivity contribution in [2.24, 2.45) is 0 Å². The summed E-state index contributed by atoms with van der Waals surface area (Å²) in [5.74, 6) is 0.812. The first kappa shape index (κ1) is 9.35. The molecule has 0 amide bonds. The monoisotopic (exact) mass is 231 g/mol. The molecule has 0 N–H and O–H groups in total. The van der Waals surface area contributed by atoms with Gasteiger partial charge in [0.1, 0.15) is 12.2 Å². The second kappa shape index (κ2) is 3.94. The lowest BCUT2D eigenvalue weighted by Crippen LogP contribution is -1.97. The molecule has 3 heterocycles. The number of aromatic nitrogens is 3. The summed E-state index contributed by atoms with van der Waals surface area (Å²) in [5.41, 5.74) is 0.886. The lowest BCUT2D eigenvalue weighted by Gasteiger charge is -1.93. The van der Waals surface area contributed by atoms with Crippen molar-refractivity contribution in [1.29, 1.82) is 0 Å². The van der Waals surface area contributed by atoms with Crippen LogP contribution in [0.4, 0.5) is 0 Å². The van der Waals surface area contributed by atoms with E-state index < -0.39 is 0 Å². The summed E-state index contributed by atoms with van der Waals surface area (Å²) >= 11 is 1.65. The normalized spacial score (nSPS) is 10.8. The minimum atomic E-state index is 0.616. The molecule has 0 atom stereocenters. The number of nitrogens with zero attached hydrogens (tertiary/aromatic N) is 3. The summed E-state index contributed by atoms with van der Waals surface area (Å²) in [4.78, 5) is 1.12. The number of thiophene rings is 1. The van der Waals surface area contributed by atoms with Crippen LogP contribution in [-0.4, -0.2) is 14.9 Å². The predicted molar refractivity (Wildman–Crippen MR) is 61.1 cm³/mol. The Balaban J connectivity index is 1.83. The predicted octanol–water partition coefficient (Wildman–Crippen LogP) is 2.65. The summed E-state index contributed by atoms with van der Waals surface area (Å²) in [7, 11) is 0. The maximum absolute atomic E-state index is 5.26. The number of hydrogen-bond donors (Lipinski definition) is 0. The van der Waals surface area contributed by atoms with E-state index in [1.807, 2.05) is 35.8 Å². The highest BCUT2D eigenvalue weighted by atomic mass is 32.1. The molecule has 0 bridgehead atoms. The highest BCUT2D eigenvalue weighted by Crippen LogP contribution is 2.24. The maximum atomic E-state index is 5.26. The van der Waals surface area contributed by atoms with Crippen molar-refractivity contribution >= 4 is 11.3 Å². The van der Waals surface area contributed by atoms with E-state index in [9.17, 15) is 0 Å². The zero-order valence-corrected chi connectivity index (χ0v) is 9.22. The fourth-order valence-corrected chi connectivity index (χ4v) is 2.16. The molecule has 4 nitrogen and oxygen atoms in total. The number of hydrogen-bond acceptors (Lipinski definition) is 4. The van der Waals surface area contributed by atoms with E-state index in [0.29, 0.717) is 6.54 Å². The molecule has 0 aliphatic rings. The molecule has 0 saturated heterocycles. The Bertz CT molecular complexity index is 554. The Kier molecular flexibility index (Phi) is 2.30. The first-order valence-electron chi connectivity index (χ1n) is 4.89. The van der Waals surface area contributed by atoms with Crippen LogP contribution in [0.3, 0.4) is 0 Å². The zero-order valence-electron chi connectivity index (χ0n) is 8.41. The van der Waals surface area contributed by atoms with Gasteiger partial charge in [0.15, 0.2) is 5.76 Å². The second-order valence-electron chi connectivity index (χ2n) is 3.36. The molecule has 80 valence electrons. The van der Waals surface area contributed by atoms with E-state index >= 15 is 0 Å². The molecular weight excluding hydrogens is 222 g/mol. The van der Waals surface area contributed by atoms with E-state index in [4.69, 9.17) is 4.52 Å². The van der Waals surface area contributed by atoms with Gasteiger partial charge in [-0.1, -0.05) is 11.2 Å². The van der Waals surface area contributed by atoms with Gasteiger partial charge < -0.3 is 4.52 Å². The van der Waals surface area contributed by atoms with Crippen LogP contribution in [0.1, 0.15) is 5.76 Å². The van der Waals surface area contributed by atoms with Crippen molar-refractivity contribution in [3.8, 4) is 10.6 Å². The van der Waals surface area contributed by atoms with Crippen LogP contribution in [0, 0.1) is 0 Å². The van der Waals surface area contributed by atoms with Crippen LogP contribution in [0.15, 0.2) is 46.6 Å². The van der Waals surface area contributed by atoms with Gasteiger partial charge in [0.2, 0.25) is 0 Å². The molecule has 3 rings (SSSR count). The largest absolute Gasteiger partial charge is 0.359 e. The van der Waals surface area contributed by atoms with Crippen molar-refractivity contribution in [3.05, 3.63) is 47.8 Å². The quantitative estimate of drug-likeness (QED) is 0.696. The molecule has 5 heteroatoms. The maximum Gasteiger partial charge on any atom is 0.158 e. The fourth-order valence-electron chi connectivity index (χ4n) is 1.48. The molecular formula is C11H9N3OS. The Morgan fingerprint density at radius 3 is 3.12 bits per heavy atom. The number of rotatable bonds is 3. The molecule has 0 aliphatic heterocycles. The standard InChI is InChI=1S/C11H9N3OS/c1-3-11(16-6-1)10-7-9(15-13-10)8-14-5-2-4-12-14/h1-7H,8H2. The van der Waals surface area contributed by atoms with E-state index in [-0.39, 0.29) is 0 Å². The second-order valence-corrected chi connectivity index (χ2v) is 4.31. The van der Waals surface area contributed by atoms with Gasteiger partial charge in [-0.05, 0) is 17.5 Å². The molecule has 0 spiro atoms. The average Bonchev–Trinajstić information content (AvgIpc) is 2.99. The average molecular weight is 231 g/mol. The van der Waals surface area contributed by atoms with Gasteiger partial charge in [-0.15, -0.1) is 11.3 Å². The van der Waals surface area contributed by atoms with Crippen molar-refractivity contribution in [3.63, 3.8) is 0 Å². The van der Waals surface area contributed by atoms with Crippen LogP contribution in [0.2, 0.25) is 0 Å². The highest BCUT2D eigenvalue weighted by molar-refractivity contribution is 7.13. The van der Waals surface area contributed by atoms with Crippen LogP contribution >= 0.6 is 11.3 Å². The van der Waals surface area contributed by atoms with Crippen molar-refractivity contribution in [1.82, 2.24) is 14.9 Å².